The number of benzene rings is 1. The molecule has 1 aromatic rings. The molecule has 0 amide bonds. The van der Waals surface area contributed by atoms with Crippen LogP contribution in [0.5, 0.6) is 0 Å². The highest BCUT2D eigenvalue weighted by molar-refractivity contribution is 9.10. The molecule has 0 radical (unpaired) electrons. The van der Waals surface area contributed by atoms with Crippen LogP contribution in [-0.2, 0) is 15.9 Å². The first kappa shape index (κ1) is 15.6. The third kappa shape index (κ3) is 4.31. The second-order valence-electron chi connectivity index (χ2n) is 3.94. The maximum Gasteiger partial charge on any atom is 0.172 e. The molecular weight excluding hydrogens is 301 g/mol. The maximum atomic E-state index is 13.7. The molecule has 0 aliphatic heterocycles. The van der Waals surface area contributed by atoms with Crippen LogP contribution in [0, 0.1) is 5.82 Å². The van der Waals surface area contributed by atoms with Gasteiger partial charge in [-0.3, -0.25) is 0 Å². The zero-order valence-electron chi connectivity index (χ0n) is 10.9. The minimum Gasteiger partial charge on any atom is -0.354 e. The summed E-state index contributed by atoms with van der Waals surface area (Å²) in [5.41, 5.74) is 0.634. The molecule has 0 spiro atoms. The Labute approximate surface area is 116 Å². The van der Waals surface area contributed by atoms with E-state index in [0.717, 1.165) is 11.0 Å². The van der Waals surface area contributed by atoms with Gasteiger partial charge in [0.25, 0.3) is 0 Å². The zero-order valence-corrected chi connectivity index (χ0v) is 12.5. The molecule has 1 aromatic carbocycles. The first-order valence-electron chi connectivity index (χ1n) is 5.85. The van der Waals surface area contributed by atoms with Crippen molar-refractivity contribution in [3.63, 3.8) is 0 Å². The summed E-state index contributed by atoms with van der Waals surface area (Å²) in [6.45, 7) is 2.76. The Morgan fingerprint density at radius 3 is 2.56 bits per heavy atom. The zero-order chi connectivity index (χ0) is 13.5. The summed E-state index contributed by atoms with van der Waals surface area (Å²) in [6.07, 6.45) is 0.106. The van der Waals surface area contributed by atoms with E-state index in [-0.39, 0.29) is 11.9 Å². The molecule has 102 valence electrons. The molecule has 0 bridgehead atoms. The highest BCUT2D eigenvalue weighted by Gasteiger charge is 2.21. The van der Waals surface area contributed by atoms with Crippen molar-refractivity contribution in [1.82, 2.24) is 5.32 Å². The molecule has 0 heterocycles. The average molecular weight is 320 g/mol. The molecule has 1 atom stereocenters. The van der Waals surface area contributed by atoms with Gasteiger partial charge in [-0.25, -0.2) is 4.39 Å². The van der Waals surface area contributed by atoms with E-state index in [0.29, 0.717) is 12.0 Å². The van der Waals surface area contributed by atoms with Crippen molar-refractivity contribution < 1.29 is 13.9 Å². The van der Waals surface area contributed by atoms with Crippen LogP contribution in [0.2, 0.25) is 0 Å². The van der Waals surface area contributed by atoms with Crippen LogP contribution < -0.4 is 5.32 Å². The number of ether oxygens (including phenoxy) is 2. The van der Waals surface area contributed by atoms with E-state index in [2.05, 4.69) is 21.2 Å². The van der Waals surface area contributed by atoms with Crippen molar-refractivity contribution >= 4 is 15.9 Å². The van der Waals surface area contributed by atoms with Gasteiger partial charge in [0, 0.05) is 18.7 Å². The molecule has 1 N–H and O–H groups in total. The molecule has 0 aromatic heterocycles. The molecule has 0 saturated carbocycles. The highest BCUT2D eigenvalue weighted by atomic mass is 79.9. The molecule has 1 unspecified atom stereocenters. The van der Waals surface area contributed by atoms with E-state index in [1.54, 1.807) is 26.4 Å². The van der Waals surface area contributed by atoms with Crippen LogP contribution in [0.1, 0.15) is 12.5 Å². The second kappa shape index (κ2) is 7.84. The summed E-state index contributed by atoms with van der Waals surface area (Å²) in [5.74, 6) is -0.216. The predicted molar refractivity (Wildman–Crippen MR) is 73.1 cm³/mol. The third-order valence-corrected chi connectivity index (χ3v) is 3.20. The fraction of sp³-hybridized carbons (Fsp3) is 0.538. The molecule has 5 heteroatoms. The van der Waals surface area contributed by atoms with Crippen LogP contribution in [0.3, 0.4) is 0 Å². The van der Waals surface area contributed by atoms with E-state index in [1.165, 1.54) is 6.07 Å². The van der Waals surface area contributed by atoms with Gasteiger partial charge in [-0.1, -0.05) is 22.9 Å². The van der Waals surface area contributed by atoms with Crippen molar-refractivity contribution in [1.29, 1.82) is 0 Å². The van der Waals surface area contributed by atoms with E-state index >= 15 is 0 Å². The van der Waals surface area contributed by atoms with Crippen molar-refractivity contribution in [3.05, 3.63) is 34.1 Å². The van der Waals surface area contributed by atoms with E-state index in [4.69, 9.17) is 9.47 Å². The van der Waals surface area contributed by atoms with Crippen LogP contribution >= 0.6 is 15.9 Å². The first-order valence-corrected chi connectivity index (χ1v) is 6.64. The highest BCUT2D eigenvalue weighted by Crippen LogP contribution is 2.18. The summed E-state index contributed by atoms with van der Waals surface area (Å²) in [7, 11) is 3.16. The number of methoxy groups -OCH3 is 2. The summed E-state index contributed by atoms with van der Waals surface area (Å²) in [5, 5.41) is 3.25. The average Bonchev–Trinajstić information content (AvgIpc) is 2.35. The Morgan fingerprint density at radius 2 is 2.00 bits per heavy atom. The molecule has 1 rings (SSSR count). The number of rotatable bonds is 7. The van der Waals surface area contributed by atoms with Crippen LogP contribution in [0.15, 0.2) is 22.7 Å². The Bertz CT molecular complexity index is 372. The number of nitrogens with one attached hydrogen (secondary N) is 1. The molecular formula is C13H19BrFNO2. The van der Waals surface area contributed by atoms with Crippen LogP contribution in [0.4, 0.5) is 4.39 Å². The topological polar surface area (TPSA) is 30.5 Å². The van der Waals surface area contributed by atoms with Crippen LogP contribution in [-0.4, -0.2) is 33.1 Å². The van der Waals surface area contributed by atoms with Gasteiger partial charge in [0.05, 0.1) is 6.04 Å². The summed E-state index contributed by atoms with van der Waals surface area (Å²) >= 11 is 3.35. The third-order valence-electron chi connectivity index (χ3n) is 2.71. The van der Waals surface area contributed by atoms with Gasteiger partial charge in [0.1, 0.15) is 5.82 Å². The molecule has 0 aliphatic rings. The summed E-state index contributed by atoms with van der Waals surface area (Å²) < 4.78 is 25.0. The largest absolute Gasteiger partial charge is 0.354 e. The fourth-order valence-electron chi connectivity index (χ4n) is 1.89. The normalized spacial score (nSPS) is 13.0. The summed E-state index contributed by atoms with van der Waals surface area (Å²) in [6, 6.07) is 4.83. The lowest BCUT2D eigenvalue weighted by Gasteiger charge is -2.25. The van der Waals surface area contributed by atoms with Gasteiger partial charge < -0.3 is 14.8 Å². The first-order chi connectivity index (χ1) is 8.62. The van der Waals surface area contributed by atoms with E-state index in [1.807, 2.05) is 6.92 Å². The standard InChI is InChI=1S/C13H19BrFNO2/c1-4-16-12(13(17-2)18-3)8-9-7-10(14)5-6-11(9)15/h5-7,12-13,16H,4,8H2,1-3H3. The number of hydrogen-bond donors (Lipinski definition) is 1. The number of halogens is 2. The Kier molecular flexibility index (Phi) is 6.78. The molecule has 3 nitrogen and oxygen atoms in total. The van der Waals surface area contributed by atoms with Gasteiger partial charge in [0.2, 0.25) is 0 Å². The van der Waals surface area contributed by atoms with Crippen LogP contribution in [0.25, 0.3) is 0 Å². The van der Waals surface area contributed by atoms with Gasteiger partial charge in [0.15, 0.2) is 6.29 Å². The smallest absolute Gasteiger partial charge is 0.172 e. The SMILES string of the molecule is CCNC(Cc1cc(Br)ccc1F)C(OC)OC. The minimum atomic E-state index is -0.400. The van der Waals surface area contributed by atoms with Gasteiger partial charge in [-0.05, 0) is 36.7 Å². The number of hydrogen-bond acceptors (Lipinski definition) is 3. The van der Waals surface area contributed by atoms with Gasteiger partial charge in [-0.2, -0.15) is 0 Å². The number of likely N-dealkylation sites (N-methyl/N-ethyl adjacent to an activating group) is 1. The summed E-state index contributed by atoms with van der Waals surface area (Å²) in [4.78, 5) is 0. The molecule has 0 aliphatic carbocycles. The van der Waals surface area contributed by atoms with Crippen molar-refractivity contribution in [3.8, 4) is 0 Å². The van der Waals surface area contributed by atoms with Crippen molar-refractivity contribution in [2.45, 2.75) is 25.7 Å². The lowest BCUT2D eigenvalue weighted by Crippen LogP contribution is -2.43. The lowest BCUT2D eigenvalue weighted by atomic mass is 10.0. The van der Waals surface area contributed by atoms with Gasteiger partial charge >= 0.3 is 0 Å². The Morgan fingerprint density at radius 1 is 1.33 bits per heavy atom. The predicted octanol–water partition coefficient (Wildman–Crippen LogP) is 2.73. The lowest BCUT2D eigenvalue weighted by molar-refractivity contribution is -0.122. The van der Waals surface area contributed by atoms with E-state index in [9.17, 15) is 4.39 Å². The molecule has 0 fully saturated rings. The van der Waals surface area contributed by atoms with E-state index < -0.39 is 6.29 Å². The maximum absolute atomic E-state index is 13.7. The monoisotopic (exact) mass is 319 g/mol. The quantitative estimate of drug-likeness (QED) is 0.784. The van der Waals surface area contributed by atoms with Crippen molar-refractivity contribution in [2.24, 2.45) is 0 Å². The van der Waals surface area contributed by atoms with Crippen molar-refractivity contribution in [2.75, 3.05) is 20.8 Å². The minimum absolute atomic E-state index is 0.0891. The van der Waals surface area contributed by atoms with Gasteiger partial charge in [-0.15, -0.1) is 0 Å². The fourth-order valence-corrected chi connectivity index (χ4v) is 2.30. The Hall–Kier alpha value is -0.490. The Balaban J connectivity index is 2.85. The molecule has 0 saturated heterocycles. The second-order valence-corrected chi connectivity index (χ2v) is 4.86. The molecule has 18 heavy (non-hydrogen) atoms.